The Labute approximate surface area is 120 Å². The Hall–Kier alpha value is -1.75. The van der Waals surface area contributed by atoms with Crippen molar-refractivity contribution < 1.29 is 9.90 Å². The van der Waals surface area contributed by atoms with Crippen LogP contribution in [0.3, 0.4) is 0 Å². The highest BCUT2D eigenvalue weighted by molar-refractivity contribution is 6.00. The van der Waals surface area contributed by atoms with Gasteiger partial charge in [-0.25, -0.2) is 0 Å². The minimum absolute atomic E-state index is 0.0999. The van der Waals surface area contributed by atoms with Crippen LogP contribution in [-0.2, 0) is 0 Å². The molecule has 1 amide bonds. The van der Waals surface area contributed by atoms with Gasteiger partial charge in [0.05, 0.1) is 11.3 Å². The molecule has 20 heavy (non-hydrogen) atoms. The number of carbonyl (C=O) groups excluding carboxylic acids is 1. The third-order valence-corrected chi connectivity index (χ3v) is 3.09. The van der Waals surface area contributed by atoms with Gasteiger partial charge in [-0.15, -0.1) is 0 Å². The predicted molar refractivity (Wildman–Crippen MR) is 83.0 cm³/mol. The number of nitrogens with two attached hydrogens (primary N) is 1. The molecule has 0 saturated heterocycles. The first-order chi connectivity index (χ1) is 9.51. The van der Waals surface area contributed by atoms with Gasteiger partial charge in [0.2, 0.25) is 0 Å². The number of nitrogen functional groups attached to an aromatic ring is 1. The van der Waals surface area contributed by atoms with E-state index in [2.05, 4.69) is 24.1 Å². The molecular formula is C15H25N3O2. The van der Waals surface area contributed by atoms with E-state index in [4.69, 9.17) is 10.8 Å². The summed E-state index contributed by atoms with van der Waals surface area (Å²) in [6.45, 7) is 7.40. The average molecular weight is 279 g/mol. The van der Waals surface area contributed by atoms with Crippen molar-refractivity contribution in [3.05, 3.63) is 23.8 Å². The van der Waals surface area contributed by atoms with E-state index >= 15 is 0 Å². The molecule has 1 rings (SSSR count). The minimum atomic E-state index is -0.0999. The number of benzene rings is 1. The summed E-state index contributed by atoms with van der Waals surface area (Å²) >= 11 is 0. The molecule has 112 valence electrons. The maximum Gasteiger partial charge on any atom is 0.253 e. The summed E-state index contributed by atoms with van der Waals surface area (Å²) in [6, 6.07) is 5.53. The van der Waals surface area contributed by atoms with E-state index in [9.17, 15) is 4.79 Å². The molecule has 1 aromatic rings. The van der Waals surface area contributed by atoms with E-state index in [0.29, 0.717) is 30.8 Å². The Morgan fingerprint density at radius 3 is 2.70 bits per heavy atom. The molecule has 0 bridgehead atoms. The third-order valence-electron chi connectivity index (χ3n) is 3.09. The zero-order chi connectivity index (χ0) is 15.1. The molecule has 0 aliphatic carbocycles. The van der Waals surface area contributed by atoms with Gasteiger partial charge in [-0.1, -0.05) is 0 Å². The van der Waals surface area contributed by atoms with Crippen molar-refractivity contribution in [1.82, 2.24) is 5.32 Å². The van der Waals surface area contributed by atoms with E-state index in [1.807, 2.05) is 13.0 Å². The zero-order valence-corrected chi connectivity index (χ0v) is 12.5. The molecular weight excluding hydrogens is 254 g/mol. The highest BCUT2D eigenvalue weighted by atomic mass is 16.3. The quantitative estimate of drug-likeness (QED) is 0.663. The smallest absolute Gasteiger partial charge is 0.253 e. The molecule has 0 aliphatic rings. The van der Waals surface area contributed by atoms with Crippen LogP contribution in [-0.4, -0.2) is 36.8 Å². The van der Waals surface area contributed by atoms with Crippen molar-refractivity contribution in [2.45, 2.75) is 33.2 Å². The third kappa shape index (κ3) is 4.13. The lowest BCUT2D eigenvalue weighted by molar-refractivity contribution is 0.0956. The molecule has 4 N–H and O–H groups in total. The maximum absolute atomic E-state index is 12.1. The first-order valence-electron chi connectivity index (χ1n) is 7.06. The van der Waals surface area contributed by atoms with E-state index in [-0.39, 0.29) is 18.6 Å². The van der Waals surface area contributed by atoms with E-state index in [1.165, 1.54) is 0 Å². The van der Waals surface area contributed by atoms with E-state index < -0.39 is 0 Å². The molecule has 0 radical (unpaired) electrons. The van der Waals surface area contributed by atoms with Gasteiger partial charge in [0.15, 0.2) is 0 Å². The Bertz CT molecular complexity index is 447. The fraction of sp³-hybridized carbons (Fsp3) is 0.533. The Morgan fingerprint density at radius 1 is 1.45 bits per heavy atom. The number of nitrogens with one attached hydrogen (secondary N) is 1. The van der Waals surface area contributed by atoms with Crippen LogP contribution in [0.5, 0.6) is 0 Å². The number of nitrogens with zero attached hydrogens (tertiary/aromatic N) is 1. The normalized spacial score (nSPS) is 10.7. The Morgan fingerprint density at radius 2 is 2.15 bits per heavy atom. The Kier molecular flexibility index (Phi) is 6.31. The molecule has 0 unspecified atom stereocenters. The van der Waals surface area contributed by atoms with Crippen LogP contribution in [0, 0.1) is 0 Å². The van der Waals surface area contributed by atoms with Crippen LogP contribution in [0.15, 0.2) is 18.2 Å². The van der Waals surface area contributed by atoms with Crippen LogP contribution >= 0.6 is 0 Å². The molecule has 0 aromatic heterocycles. The summed E-state index contributed by atoms with van der Waals surface area (Å²) in [4.78, 5) is 14.2. The predicted octanol–water partition coefficient (Wildman–Crippen LogP) is 1.62. The summed E-state index contributed by atoms with van der Waals surface area (Å²) in [5, 5.41) is 11.8. The molecule has 0 atom stereocenters. The van der Waals surface area contributed by atoms with Crippen LogP contribution in [0.1, 0.15) is 37.6 Å². The van der Waals surface area contributed by atoms with Gasteiger partial charge < -0.3 is 21.1 Å². The zero-order valence-electron chi connectivity index (χ0n) is 12.5. The SMILES string of the molecule is CCNC(=O)c1ccc(N)cc1N(CCCO)C(C)C. The number of aliphatic hydroxyl groups is 1. The van der Waals surface area contributed by atoms with Crippen molar-refractivity contribution in [2.24, 2.45) is 0 Å². The number of aliphatic hydroxyl groups excluding tert-OH is 1. The van der Waals surface area contributed by atoms with Crippen LogP contribution in [0.4, 0.5) is 11.4 Å². The summed E-state index contributed by atoms with van der Waals surface area (Å²) in [5.41, 5.74) is 7.93. The largest absolute Gasteiger partial charge is 0.399 e. The van der Waals surface area contributed by atoms with Crippen LogP contribution in [0.25, 0.3) is 0 Å². The first-order valence-corrected chi connectivity index (χ1v) is 7.06. The number of hydrogen-bond donors (Lipinski definition) is 3. The molecule has 0 fully saturated rings. The van der Waals surface area contributed by atoms with Gasteiger partial charge in [0, 0.05) is 31.4 Å². The molecule has 0 spiro atoms. The van der Waals surface area contributed by atoms with Gasteiger partial charge >= 0.3 is 0 Å². The second-order valence-corrected chi connectivity index (χ2v) is 5.00. The number of amides is 1. The van der Waals surface area contributed by atoms with Gasteiger partial charge in [0.25, 0.3) is 5.91 Å². The summed E-state index contributed by atoms with van der Waals surface area (Å²) in [6.07, 6.45) is 0.655. The van der Waals surface area contributed by atoms with Gasteiger partial charge in [0.1, 0.15) is 0 Å². The second-order valence-electron chi connectivity index (χ2n) is 5.00. The molecule has 1 aromatic carbocycles. The monoisotopic (exact) mass is 279 g/mol. The molecule has 0 saturated carbocycles. The Balaban J connectivity index is 3.16. The molecule has 5 nitrogen and oxygen atoms in total. The number of hydrogen-bond acceptors (Lipinski definition) is 4. The van der Waals surface area contributed by atoms with Gasteiger partial charge in [-0.2, -0.15) is 0 Å². The molecule has 0 aliphatic heterocycles. The average Bonchev–Trinajstić information content (AvgIpc) is 2.39. The van der Waals surface area contributed by atoms with Crippen molar-refractivity contribution in [1.29, 1.82) is 0 Å². The van der Waals surface area contributed by atoms with Crippen molar-refractivity contribution in [2.75, 3.05) is 30.3 Å². The van der Waals surface area contributed by atoms with Crippen molar-refractivity contribution in [3.8, 4) is 0 Å². The fourth-order valence-corrected chi connectivity index (χ4v) is 2.13. The fourth-order valence-electron chi connectivity index (χ4n) is 2.13. The standard InChI is InChI=1S/C15H25N3O2/c1-4-17-15(20)13-7-6-12(16)10-14(13)18(11(2)3)8-5-9-19/h6-7,10-11,19H,4-5,8-9,16H2,1-3H3,(H,17,20). The van der Waals surface area contributed by atoms with E-state index in [1.54, 1.807) is 12.1 Å². The van der Waals surface area contributed by atoms with Gasteiger partial charge in [-0.3, -0.25) is 4.79 Å². The first kappa shape index (κ1) is 16.3. The highest BCUT2D eigenvalue weighted by Crippen LogP contribution is 2.25. The van der Waals surface area contributed by atoms with Gasteiger partial charge in [-0.05, 0) is 45.4 Å². The lowest BCUT2D eigenvalue weighted by Crippen LogP contribution is -2.35. The minimum Gasteiger partial charge on any atom is -0.399 e. The summed E-state index contributed by atoms with van der Waals surface area (Å²) in [5.74, 6) is -0.0999. The van der Waals surface area contributed by atoms with Crippen LogP contribution in [0.2, 0.25) is 0 Å². The molecule has 5 heteroatoms. The number of anilines is 2. The van der Waals surface area contributed by atoms with Crippen LogP contribution < -0.4 is 16.0 Å². The molecule has 0 heterocycles. The number of rotatable bonds is 7. The topological polar surface area (TPSA) is 78.6 Å². The summed E-state index contributed by atoms with van der Waals surface area (Å²) in [7, 11) is 0. The van der Waals surface area contributed by atoms with Crippen molar-refractivity contribution in [3.63, 3.8) is 0 Å². The maximum atomic E-state index is 12.1. The lowest BCUT2D eigenvalue weighted by Gasteiger charge is -2.30. The highest BCUT2D eigenvalue weighted by Gasteiger charge is 2.18. The van der Waals surface area contributed by atoms with E-state index in [0.717, 1.165) is 5.69 Å². The lowest BCUT2D eigenvalue weighted by atomic mass is 10.1. The van der Waals surface area contributed by atoms with Crippen molar-refractivity contribution >= 4 is 17.3 Å². The number of carbonyl (C=O) groups is 1. The second kappa shape index (κ2) is 7.75. The summed E-state index contributed by atoms with van der Waals surface area (Å²) < 4.78 is 0.